The number of hydrogen-bond donors (Lipinski definition) is 0. The van der Waals surface area contributed by atoms with Crippen LogP contribution in [0.4, 0.5) is 4.39 Å². The Morgan fingerprint density at radius 1 is 1.43 bits per heavy atom. The molecule has 1 heterocycles. The van der Waals surface area contributed by atoms with Gasteiger partial charge in [-0.05, 0) is 37.6 Å². The maximum absolute atomic E-state index is 13.2. The van der Waals surface area contributed by atoms with Crippen LogP contribution in [0, 0.1) is 31.0 Å². The minimum absolute atomic E-state index is 0.0432. The SMILES string of the molecule is Cc1nn(C)c(C)c1C(=O)/C=C/c1ccc(F)c(C#N)c1. The van der Waals surface area contributed by atoms with Crippen LogP contribution in [0.25, 0.3) is 6.08 Å². The summed E-state index contributed by atoms with van der Waals surface area (Å²) >= 11 is 0. The fraction of sp³-hybridized carbons (Fsp3) is 0.188. The third-order valence-electron chi connectivity index (χ3n) is 3.29. The predicted octanol–water partition coefficient (Wildman–Crippen LogP) is 2.94. The van der Waals surface area contributed by atoms with Gasteiger partial charge in [0.1, 0.15) is 11.9 Å². The molecule has 0 bridgehead atoms. The highest BCUT2D eigenvalue weighted by atomic mass is 19.1. The van der Waals surface area contributed by atoms with Crippen molar-refractivity contribution in [3.8, 4) is 6.07 Å². The average molecular weight is 283 g/mol. The fourth-order valence-corrected chi connectivity index (χ4v) is 2.12. The normalized spacial score (nSPS) is 10.8. The summed E-state index contributed by atoms with van der Waals surface area (Å²) in [4.78, 5) is 12.2. The Kier molecular flexibility index (Phi) is 3.99. The highest BCUT2D eigenvalue weighted by Crippen LogP contribution is 2.15. The molecule has 2 rings (SSSR count). The first-order valence-corrected chi connectivity index (χ1v) is 6.36. The van der Waals surface area contributed by atoms with Crippen LogP contribution in [0.3, 0.4) is 0 Å². The van der Waals surface area contributed by atoms with E-state index < -0.39 is 5.82 Å². The Labute approximate surface area is 122 Å². The Bertz CT molecular complexity index is 782. The molecule has 0 fully saturated rings. The molecule has 0 N–H and O–H groups in total. The smallest absolute Gasteiger partial charge is 0.189 e. The monoisotopic (exact) mass is 283 g/mol. The van der Waals surface area contributed by atoms with Crippen LogP contribution in [0.2, 0.25) is 0 Å². The van der Waals surface area contributed by atoms with E-state index in [2.05, 4.69) is 5.10 Å². The van der Waals surface area contributed by atoms with Gasteiger partial charge in [0.15, 0.2) is 5.78 Å². The fourth-order valence-electron chi connectivity index (χ4n) is 2.12. The van der Waals surface area contributed by atoms with Gasteiger partial charge in [0.2, 0.25) is 0 Å². The van der Waals surface area contributed by atoms with E-state index in [0.29, 0.717) is 16.8 Å². The van der Waals surface area contributed by atoms with E-state index in [4.69, 9.17) is 5.26 Å². The average Bonchev–Trinajstić information content (AvgIpc) is 2.71. The topological polar surface area (TPSA) is 58.7 Å². The van der Waals surface area contributed by atoms with Crippen LogP contribution in [0.5, 0.6) is 0 Å². The van der Waals surface area contributed by atoms with Crippen LogP contribution in [-0.4, -0.2) is 15.6 Å². The van der Waals surface area contributed by atoms with Crippen molar-refractivity contribution < 1.29 is 9.18 Å². The number of aryl methyl sites for hydroxylation is 2. The van der Waals surface area contributed by atoms with E-state index in [1.54, 1.807) is 30.8 Å². The third kappa shape index (κ3) is 2.90. The van der Waals surface area contributed by atoms with Gasteiger partial charge in [0.05, 0.1) is 16.8 Å². The number of ketones is 1. The van der Waals surface area contributed by atoms with Crippen molar-refractivity contribution in [3.63, 3.8) is 0 Å². The minimum atomic E-state index is -0.570. The van der Waals surface area contributed by atoms with Gasteiger partial charge >= 0.3 is 0 Å². The quantitative estimate of drug-likeness (QED) is 0.642. The molecule has 4 nitrogen and oxygen atoms in total. The molecular weight excluding hydrogens is 269 g/mol. The Balaban J connectivity index is 2.29. The highest BCUT2D eigenvalue weighted by molar-refractivity contribution is 6.08. The van der Waals surface area contributed by atoms with Crippen LogP contribution in [0.15, 0.2) is 24.3 Å². The van der Waals surface area contributed by atoms with E-state index in [-0.39, 0.29) is 11.3 Å². The summed E-state index contributed by atoms with van der Waals surface area (Å²) in [5, 5.41) is 13.0. The molecule has 1 aromatic heterocycles. The molecule has 0 aliphatic heterocycles. The number of hydrogen-bond acceptors (Lipinski definition) is 3. The maximum Gasteiger partial charge on any atom is 0.189 e. The van der Waals surface area contributed by atoms with E-state index >= 15 is 0 Å². The van der Waals surface area contributed by atoms with E-state index in [9.17, 15) is 9.18 Å². The number of nitrogens with zero attached hydrogens (tertiary/aromatic N) is 3. The van der Waals surface area contributed by atoms with E-state index in [1.165, 1.54) is 24.3 Å². The second kappa shape index (κ2) is 5.71. The molecule has 0 aliphatic carbocycles. The van der Waals surface area contributed by atoms with Crippen LogP contribution in [0.1, 0.15) is 32.9 Å². The highest BCUT2D eigenvalue weighted by Gasteiger charge is 2.14. The molecule has 0 aliphatic rings. The third-order valence-corrected chi connectivity index (χ3v) is 3.29. The molecule has 0 spiro atoms. The zero-order valence-electron chi connectivity index (χ0n) is 12.0. The zero-order valence-corrected chi connectivity index (χ0v) is 12.0. The second-order valence-corrected chi connectivity index (χ2v) is 4.72. The van der Waals surface area contributed by atoms with Gasteiger partial charge < -0.3 is 0 Å². The lowest BCUT2D eigenvalue weighted by atomic mass is 10.1. The summed E-state index contributed by atoms with van der Waals surface area (Å²) in [6.07, 6.45) is 2.97. The summed E-state index contributed by atoms with van der Waals surface area (Å²) in [5.74, 6) is -0.735. The van der Waals surface area contributed by atoms with Crippen molar-refractivity contribution in [1.82, 2.24) is 9.78 Å². The molecule has 1 aromatic carbocycles. The molecule has 106 valence electrons. The first-order chi connectivity index (χ1) is 9.93. The van der Waals surface area contributed by atoms with Gasteiger partial charge in [-0.1, -0.05) is 12.1 Å². The van der Waals surface area contributed by atoms with Crippen molar-refractivity contribution in [3.05, 3.63) is 58.2 Å². The molecule has 5 heteroatoms. The molecule has 0 atom stereocenters. The summed E-state index contributed by atoms with van der Waals surface area (Å²) in [6.45, 7) is 3.60. The summed E-state index contributed by atoms with van der Waals surface area (Å²) < 4.78 is 14.9. The largest absolute Gasteiger partial charge is 0.289 e. The Hall–Kier alpha value is -2.74. The summed E-state index contributed by atoms with van der Waals surface area (Å²) in [5.41, 5.74) is 2.58. The second-order valence-electron chi connectivity index (χ2n) is 4.72. The molecular formula is C16H14FN3O. The van der Waals surface area contributed by atoms with Gasteiger partial charge in [0, 0.05) is 12.7 Å². The van der Waals surface area contributed by atoms with Gasteiger partial charge in [-0.25, -0.2) is 4.39 Å². The number of carbonyl (C=O) groups excluding carboxylic acids is 1. The molecule has 21 heavy (non-hydrogen) atoms. The lowest BCUT2D eigenvalue weighted by molar-refractivity contribution is 0.104. The molecule has 0 amide bonds. The van der Waals surface area contributed by atoms with Crippen molar-refractivity contribution in [2.24, 2.45) is 7.05 Å². The van der Waals surface area contributed by atoms with Crippen LogP contribution < -0.4 is 0 Å². The summed E-state index contributed by atoms with van der Waals surface area (Å²) in [7, 11) is 1.78. The van der Waals surface area contributed by atoms with Crippen molar-refractivity contribution in [2.45, 2.75) is 13.8 Å². The first-order valence-electron chi connectivity index (χ1n) is 6.36. The van der Waals surface area contributed by atoms with E-state index in [1.807, 2.05) is 6.92 Å². The Morgan fingerprint density at radius 3 is 2.71 bits per heavy atom. The standard InChI is InChI=1S/C16H14FN3O/c1-10-16(11(2)20(3)19-10)15(21)7-5-12-4-6-14(17)13(8-12)9-18/h4-8H,1-3H3/b7-5+. The van der Waals surface area contributed by atoms with Gasteiger partial charge in [-0.15, -0.1) is 0 Å². The molecule has 0 saturated heterocycles. The number of rotatable bonds is 3. The molecule has 0 unspecified atom stereocenters. The summed E-state index contributed by atoms with van der Waals surface area (Å²) in [6, 6.07) is 5.90. The van der Waals surface area contributed by atoms with Crippen molar-refractivity contribution in [1.29, 1.82) is 5.26 Å². The minimum Gasteiger partial charge on any atom is -0.289 e. The molecule has 0 radical (unpaired) electrons. The number of nitriles is 1. The first kappa shape index (κ1) is 14.7. The number of allylic oxidation sites excluding steroid dienone is 1. The van der Waals surface area contributed by atoms with Gasteiger partial charge in [-0.2, -0.15) is 10.4 Å². The van der Waals surface area contributed by atoms with Crippen molar-refractivity contribution >= 4 is 11.9 Å². The zero-order chi connectivity index (χ0) is 15.6. The molecule has 2 aromatic rings. The van der Waals surface area contributed by atoms with Gasteiger partial charge in [0.25, 0.3) is 0 Å². The maximum atomic E-state index is 13.2. The lowest BCUT2D eigenvalue weighted by Gasteiger charge is -1.98. The number of benzene rings is 1. The number of halogens is 1. The van der Waals surface area contributed by atoms with Gasteiger partial charge in [-0.3, -0.25) is 9.48 Å². The predicted molar refractivity (Wildman–Crippen MR) is 77.2 cm³/mol. The van der Waals surface area contributed by atoms with Crippen LogP contribution >= 0.6 is 0 Å². The van der Waals surface area contributed by atoms with E-state index in [0.717, 1.165) is 5.69 Å². The number of carbonyl (C=O) groups is 1. The Morgan fingerprint density at radius 2 is 2.14 bits per heavy atom. The number of aromatic nitrogens is 2. The van der Waals surface area contributed by atoms with Crippen molar-refractivity contribution in [2.75, 3.05) is 0 Å². The van der Waals surface area contributed by atoms with Crippen LogP contribution in [-0.2, 0) is 7.05 Å². The molecule has 0 saturated carbocycles. The lowest BCUT2D eigenvalue weighted by Crippen LogP contribution is -1.99.